The van der Waals surface area contributed by atoms with Gasteiger partial charge in [0.25, 0.3) is 5.91 Å². The van der Waals surface area contributed by atoms with Crippen molar-refractivity contribution in [3.63, 3.8) is 0 Å². The van der Waals surface area contributed by atoms with Crippen molar-refractivity contribution in [1.29, 1.82) is 0 Å². The first-order chi connectivity index (χ1) is 17.6. The summed E-state index contributed by atoms with van der Waals surface area (Å²) in [6.45, 7) is 0.364. The van der Waals surface area contributed by atoms with E-state index in [-0.39, 0.29) is 11.9 Å². The van der Waals surface area contributed by atoms with Gasteiger partial charge in [-0.3, -0.25) is 4.79 Å². The average molecular weight is 484 g/mol. The molecule has 1 saturated carbocycles. The Morgan fingerprint density at radius 2 is 1.67 bits per heavy atom. The van der Waals surface area contributed by atoms with Crippen molar-refractivity contribution in [2.75, 3.05) is 14.2 Å². The molecule has 0 spiro atoms. The molecular formula is C29H29N3O4. The molecule has 0 saturated heterocycles. The average Bonchev–Trinajstić information content (AvgIpc) is 3.72. The van der Waals surface area contributed by atoms with Gasteiger partial charge in [-0.05, 0) is 43.2 Å². The molecule has 0 aliphatic heterocycles. The van der Waals surface area contributed by atoms with E-state index in [9.17, 15) is 4.79 Å². The van der Waals surface area contributed by atoms with Crippen molar-refractivity contribution in [2.24, 2.45) is 7.05 Å². The molecule has 0 unspecified atom stereocenters. The number of methoxy groups -OCH3 is 2. The molecule has 0 atom stereocenters. The molecule has 36 heavy (non-hydrogen) atoms. The zero-order valence-corrected chi connectivity index (χ0v) is 20.7. The monoisotopic (exact) mass is 483 g/mol. The fraction of sp³-hybridized carbons (Fsp3) is 0.241. The van der Waals surface area contributed by atoms with E-state index in [2.05, 4.69) is 0 Å². The van der Waals surface area contributed by atoms with Crippen molar-refractivity contribution in [3.05, 3.63) is 90.0 Å². The number of rotatable bonds is 9. The standard InChI is InChI=1S/C29H29N3O4/c1-31-29(36-26-15-8-7-14-25(26)35-3)24(27(30-31)20-10-5-4-6-11-20)19-32(22-16-17-22)28(33)21-12-9-13-23(18-21)34-2/h4-15,18,22H,16-17,19H2,1-3H3. The van der Waals surface area contributed by atoms with Gasteiger partial charge in [-0.2, -0.15) is 5.10 Å². The van der Waals surface area contributed by atoms with Crippen LogP contribution in [0.5, 0.6) is 23.1 Å². The number of para-hydroxylation sites is 2. The largest absolute Gasteiger partial charge is 0.497 e. The maximum Gasteiger partial charge on any atom is 0.254 e. The van der Waals surface area contributed by atoms with E-state index in [1.54, 1.807) is 25.0 Å². The first-order valence-electron chi connectivity index (χ1n) is 12.0. The second-order valence-electron chi connectivity index (χ2n) is 8.77. The fourth-order valence-electron chi connectivity index (χ4n) is 4.30. The van der Waals surface area contributed by atoms with Gasteiger partial charge in [0.05, 0.1) is 26.3 Å². The van der Waals surface area contributed by atoms with Gasteiger partial charge in [-0.15, -0.1) is 0 Å². The number of aryl methyl sites for hydroxylation is 1. The van der Waals surface area contributed by atoms with Crippen LogP contribution in [0.25, 0.3) is 11.3 Å². The maximum absolute atomic E-state index is 13.7. The first-order valence-corrected chi connectivity index (χ1v) is 12.0. The molecule has 7 heteroatoms. The van der Waals surface area contributed by atoms with Crippen molar-refractivity contribution in [1.82, 2.24) is 14.7 Å². The smallest absolute Gasteiger partial charge is 0.254 e. The van der Waals surface area contributed by atoms with Crippen molar-refractivity contribution < 1.29 is 19.0 Å². The van der Waals surface area contributed by atoms with E-state index in [4.69, 9.17) is 19.3 Å². The Bertz CT molecular complexity index is 1360. The number of carbonyl (C=O) groups is 1. The summed E-state index contributed by atoms with van der Waals surface area (Å²) in [4.78, 5) is 15.6. The van der Waals surface area contributed by atoms with E-state index in [0.717, 1.165) is 29.7 Å². The Labute approximate surface area is 210 Å². The van der Waals surface area contributed by atoms with Gasteiger partial charge in [-0.25, -0.2) is 4.68 Å². The number of hydrogen-bond acceptors (Lipinski definition) is 5. The molecular weight excluding hydrogens is 454 g/mol. The molecule has 1 fully saturated rings. The van der Waals surface area contributed by atoms with E-state index in [1.807, 2.05) is 84.7 Å². The highest BCUT2D eigenvalue weighted by atomic mass is 16.5. The maximum atomic E-state index is 13.7. The molecule has 1 aromatic heterocycles. The van der Waals surface area contributed by atoms with Gasteiger partial charge in [0.15, 0.2) is 11.5 Å². The molecule has 0 N–H and O–H groups in total. The van der Waals surface area contributed by atoms with Crippen LogP contribution >= 0.6 is 0 Å². The van der Waals surface area contributed by atoms with E-state index < -0.39 is 0 Å². The van der Waals surface area contributed by atoms with Crippen LogP contribution in [-0.4, -0.2) is 40.8 Å². The summed E-state index contributed by atoms with van der Waals surface area (Å²) in [5, 5.41) is 4.82. The molecule has 184 valence electrons. The fourth-order valence-corrected chi connectivity index (χ4v) is 4.30. The molecule has 1 amide bonds. The second-order valence-corrected chi connectivity index (χ2v) is 8.77. The van der Waals surface area contributed by atoms with Crippen LogP contribution < -0.4 is 14.2 Å². The number of carbonyl (C=O) groups excluding carboxylic acids is 1. The van der Waals surface area contributed by atoms with Gasteiger partial charge in [0.2, 0.25) is 5.88 Å². The third-order valence-corrected chi connectivity index (χ3v) is 6.30. The molecule has 0 bridgehead atoms. The number of amides is 1. The second kappa shape index (κ2) is 10.2. The highest BCUT2D eigenvalue weighted by molar-refractivity contribution is 5.95. The van der Waals surface area contributed by atoms with Crippen molar-refractivity contribution in [2.45, 2.75) is 25.4 Å². The molecule has 5 rings (SSSR count). The Kier molecular flexibility index (Phi) is 6.62. The minimum atomic E-state index is -0.0393. The summed E-state index contributed by atoms with van der Waals surface area (Å²) in [5.74, 6) is 2.39. The number of benzene rings is 3. The van der Waals surface area contributed by atoms with Crippen LogP contribution in [0.3, 0.4) is 0 Å². The van der Waals surface area contributed by atoms with Crippen LogP contribution in [0, 0.1) is 0 Å². The highest BCUT2D eigenvalue weighted by Gasteiger charge is 2.35. The van der Waals surface area contributed by atoms with E-state index >= 15 is 0 Å². The highest BCUT2D eigenvalue weighted by Crippen LogP contribution is 2.39. The number of nitrogens with zero attached hydrogens (tertiary/aromatic N) is 3. The molecule has 7 nitrogen and oxygen atoms in total. The minimum absolute atomic E-state index is 0.0393. The molecule has 4 aromatic rings. The lowest BCUT2D eigenvalue weighted by Crippen LogP contribution is -2.32. The van der Waals surface area contributed by atoms with Crippen LogP contribution in [-0.2, 0) is 13.6 Å². The minimum Gasteiger partial charge on any atom is -0.497 e. The summed E-state index contributed by atoms with van der Waals surface area (Å²) < 4.78 is 19.0. The van der Waals surface area contributed by atoms with E-state index in [1.165, 1.54) is 0 Å². The number of hydrogen-bond donors (Lipinski definition) is 0. The molecule has 1 aliphatic carbocycles. The van der Waals surface area contributed by atoms with Gasteiger partial charge in [0, 0.05) is 24.2 Å². The summed E-state index contributed by atoms with van der Waals surface area (Å²) in [7, 11) is 5.07. The molecule has 1 heterocycles. The van der Waals surface area contributed by atoms with Gasteiger partial charge in [0.1, 0.15) is 11.4 Å². The topological polar surface area (TPSA) is 65.8 Å². The van der Waals surface area contributed by atoms with Gasteiger partial charge >= 0.3 is 0 Å². The van der Waals surface area contributed by atoms with Crippen LogP contribution in [0.4, 0.5) is 0 Å². The Balaban J connectivity index is 1.57. The summed E-state index contributed by atoms with van der Waals surface area (Å²) in [6, 6.07) is 24.9. The van der Waals surface area contributed by atoms with Gasteiger partial charge < -0.3 is 19.1 Å². The zero-order valence-electron chi connectivity index (χ0n) is 20.7. The van der Waals surface area contributed by atoms with Crippen molar-refractivity contribution >= 4 is 5.91 Å². The molecule has 0 radical (unpaired) electrons. The summed E-state index contributed by atoms with van der Waals surface area (Å²) in [6.07, 6.45) is 1.94. The van der Waals surface area contributed by atoms with Crippen LogP contribution in [0.15, 0.2) is 78.9 Å². The van der Waals surface area contributed by atoms with Crippen LogP contribution in [0.1, 0.15) is 28.8 Å². The summed E-state index contributed by atoms with van der Waals surface area (Å²) in [5.41, 5.74) is 3.19. The van der Waals surface area contributed by atoms with Crippen molar-refractivity contribution in [3.8, 4) is 34.4 Å². The third kappa shape index (κ3) is 4.77. The Hall–Kier alpha value is -4.26. The number of aromatic nitrogens is 2. The van der Waals surface area contributed by atoms with E-state index in [0.29, 0.717) is 35.2 Å². The quantitative estimate of drug-likeness (QED) is 0.305. The lowest BCUT2D eigenvalue weighted by atomic mass is 10.1. The predicted molar refractivity (Wildman–Crippen MR) is 138 cm³/mol. The molecule has 3 aromatic carbocycles. The first kappa shape index (κ1) is 23.5. The normalized spacial score (nSPS) is 12.8. The lowest BCUT2D eigenvalue weighted by molar-refractivity contribution is 0.0729. The zero-order chi connectivity index (χ0) is 25.1. The SMILES string of the molecule is COc1cccc(C(=O)N(Cc2c(-c3ccccc3)nn(C)c2Oc2ccccc2OC)C2CC2)c1. The predicted octanol–water partition coefficient (Wildman–Crippen LogP) is 5.70. The van der Waals surface area contributed by atoms with Gasteiger partial charge in [-0.1, -0.05) is 48.5 Å². The Morgan fingerprint density at radius 3 is 2.36 bits per heavy atom. The summed E-state index contributed by atoms with van der Waals surface area (Å²) >= 11 is 0. The lowest BCUT2D eigenvalue weighted by Gasteiger charge is -2.23. The van der Waals surface area contributed by atoms with Crippen LogP contribution in [0.2, 0.25) is 0 Å². The number of ether oxygens (including phenoxy) is 3. The molecule has 1 aliphatic rings. The Morgan fingerprint density at radius 1 is 0.944 bits per heavy atom. The third-order valence-electron chi connectivity index (χ3n) is 6.30.